The van der Waals surface area contributed by atoms with Gasteiger partial charge in [-0.1, -0.05) is 50.2 Å². The van der Waals surface area contributed by atoms with E-state index in [1.165, 1.54) is 12.1 Å². The largest absolute Gasteiger partial charge is 0.513 e. The zero-order valence-electron chi connectivity index (χ0n) is 16.2. The molecule has 7 heteroatoms. The van der Waals surface area contributed by atoms with Crippen molar-refractivity contribution in [2.75, 3.05) is 13.2 Å². The topological polar surface area (TPSA) is 71.1 Å². The Morgan fingerprint density at radius 3 is 1.86 bits per heavy atom. The lowest BCUT2D eigenvalue weighted by molar-refractivity contribution is 0.0983. The highest BCUT2D eigenvalue weighted by atomic mass is 19.1. The van der Waals surface area contributed by atoms with E-state index in [1.54, 1.807) is 30.3 Å². The molecule has 3 rings (SSSR count). The second-order valence-electron chi connectivity index (χ2n) is 6.27. The Morgan fingerprint density at radius 2 is 1.28 bits per heavy atom. The SMILES string of the molecule is CCCOC(=O)Oc1c2ccccc2c(OC(=O)OCCC)c2c(F)cccc12. The molecule has 0 fully saturated rings. The average molecular weight is 400 g/mol. The molecule has 6 nitrogen and oxygen atoms in total. The number of ether oxygens (including phenoxy) is 4. The molecule has 3 aromatic carbocycles. The minimum Gasteiger partial charge on any atom is -0.434 e. The highest BCUT2D eigenvalue weighted by Crippen LogP contribution is 2.44. The van der Waals surface area contributed by atoms with Crippen molar-refractivity contribution in [2.45, 2.75) is 26.7 Å². The molecule has 0 bridgehead atoms. The molecule has 0 atom stereocenters. The van der Waals surface area contributed by atoms with Crippen molar-refractivity contribution >= 4 is 33.9 Å². The fourth-order valence-electron chi connectivity index (χ4n) is 2.92. The first-order valence-electron chi connectivity index (χ1n) is 9.38. The minimum absolute atomic E-state index is 0.00378. The normalized spacial score (nSPS) is 10.7. The van der Waals surface area contributed by atoms with Crippen LogP contribution in [-0.4, -0.2) is 25.5 Å². The number of halogens is 1. The van der Waals surface area contributed by atoms with Crippen molar-refractivity contribution in [1.82, 2.24) is 0 Å². The number of carbonyl (C=O) groups excluding carboxylic acids is 2. The van der Waals surface area contributed by atoms with Crippen molar-refractivity contribution in [3.63, 3.8) is 0 Å². The number of hydrogen-bond acceptors (Lipinski definition) is 6. The van der Waals surface area contributed by atoms with E-state index < -0.39 is 18.1 Å². The summed E-state index contributed by atoms with van der Waals surface area (Å²) in [6, 6.07) is 11.1. The molecule has 0 aliphatic carbocycles. The van der Waals surface area contributed by atoms with E-state index in [4.69, 9.17) is 18.9 Å². The molecule has 3 aromatic rings. The van der Waals surface area contributed by atoms with Gasteiger partial charge < -0.3 is 18.9 Å². The number of hydrogen-bond donors (Lipinski definition) is 0. The van der Waals surface area contributed by atoms with Gasteiger partial charge in [0.2, 0.25) is 0 Å². The Balaban J connectivity index is 2.19. The van der Waals surface area contributed by atoms with E-state index in [0.717, 1.165) is 0 Å². The minimum atomic E-state index is -0.933. The van der Waals surface area contributed by atoms with Crippen molar-refractivity contribution in [3.8, 4) is 11.5 Å². The smallest absolute Gasteiger partial charge is 0.434 e. The Morgan fingerprint density at radius 1 is 0.759 bits per heavy atom. The standard InChI is InChI=1S/C22H21FO6/c1-3-12-26-21(24)28-19-14-8-5-6-9-15(14)20(29-22(25)27-13-4-2)18-16(19)10-7-11-17(18)23/h5-11H,3-4,12-13H2,1-2H3. The predicted molar refractivity (Wildman–Crippen MR) is 106 cm³/mol. The van der Waals surface area contributed by atoms with E-state index in [9.17, 15) is 14.0 Å². The fraction of sp³-hybridized carbons (Fsp3) is 0.273. The van der Waals surface area contributed by atoms with Gasteiger partial charge in [-0.15, -0.1) is 0 Å². The van der Waals surface area contributed by atoms with E-state index in [1.807, 2.05) is 13.8 Å². The highest BCUT2D eigenvalue weighted by molar-refractivity contribution is 6.12. The van der Waals surface area contributed by atoms with Crippen LogP contribution >= 0.6 is 0 Å². The first-order chi connectivity index (χ1) is 14.1. The molecule has 0 unspecified atom stereocenters. The molecule has 0 aliphatic rings. The van der Waals surface area contributed by atoms with Gasteiger partial charge in [-0.3, -0.25) is 0 Å². The summed E-state index contributed by atoms with van der Waals surface area (Å²) >= 11 is 0. The Bertz CT molecular complexity index is 1050. The van der Waals surface area contributed by atoms with Gasteiger partial charge in [0.25, 0.3) is 0 Å². The summed E-state index contributed by atoms with van der Waals surface area (Å²) < 4.78 is 35.6. The van der Waals surface area contributed by atoms with Gasteiger partial charge in [-0.2, -0.15) is 0 Å². The third-order valence-corrected chi connectivity index (χ3v) is 4.12. The zero-order valence-corrected chi connectivity index (χ0v) is 16.2. The maximum atomic E-state index is 14.8. The quantitative estimate of drug-likeness (QED) is 0.288. The lowest BCUT2D eigenvalue weighted by atomic mass is 10.00. The molecule has 0 radical (unpaired) electrons. The maximum Gasteiger partial charge on any atom is 0.513 e. The lowest BCUT2D eigenvalue weighted by Gasteiger charge is -2.16. The summed E-state index contributed by atoms with van der Waals surface area (Å²) in [5.74, 6) is -0.493. The Kier molecular flexibility index (Phi) is 6.49. The first kappa shape index (κ1) is 20.4. The van der Waals surface area contributed by atoms with Crippen LogP contribution in [0.4, 0.5) is 14.0 Å². The van der Waals surface area contributed by atoms with Crippen molar-refractivity contribution in [2.24, 2.45) is 0 Å². The lowest BCUT2D eigenvalue weighted by Crippen LogP contribution is -2.13. The van der Waals surface area contributed by atoms with Crippen LogP contribution in [0.3, 0.4) is 0 Å². The molecule has 29 heavy (non-hydrogen) atoms. The third-order valence-electron chi connectivity index (χ3n) is 4.12. The molecule has 0 N–H and O–H groups in total. The van der Waals surface area contributed by atoms with Gasteiger partial charge in [0, 0.05) is 16.2 Å². The van der Waals surface area contributed by atoms with E-state index in [0.29, 0.717) is 23.6 Å². The number of benzene rings is 3. The van der Waals surface area contributed by atoms with Crippen LogP contribution in [0.5, 0.6) is 11.5 Å². The van der Waals surface area contributed by atoms with Gasteiger partial charge in [0.15, 0.2) is 11.5 Å². The molecule has 152 valence electrons. The van der Waals surface area contributed by atoms with Gasteiger partial charge in [-0.25, -0.2) is 14.0 Å². The molecule has 0 aliphatic heterocycles. The van der Waals surface area contributed by atoms with Crippen LogP contribution in [0.1, 0.15) is 26.7 Å². The maximum absolute atomic E-state index is 14.8. The Hall–Kier alpha value is -3.35. The summed E-state index contributed by atoms with van der Waals surface area (Å²) in [7, 11) is 0. The van der Waals surface area contributed by atoms with Gasteiger partial charge >= 0.3 is 12.3 Å². The second kappa shape index (κ2) is 9.23. The molecular weight excluding hydrogens is 379 g/mol. The van der Waals surface area contributed by atoms with E-state index in [-0.39, 0.29) is 35.5 Å². The predicted octanol–water partition coefficient (Wildman–Crippen LogP) is 5.98. The van der Waals surface area contributed by atoms with E-state index >= 15 is 0 Å². The first-order valence-corrected chi connectivity index (χ1v) is 9.38. The number of fused-ring (bicyclic) bond motifs is 2. The summed E-state index contributed by atoms with van der Waals surface area (Å²) in [4.78, 5) is 24.2. The molecule has 0 saturated carbocycles. The molecule has 0 saturated heterocycles. The molecule has 0 aromatic heterocycles. The van der Waals surface area contributed by atoms with Crippen molar-refractivity contribution in [1.29, 1.82) is 0 Å². The summed E-state index contributed by atoms with van der Waals surface area (Å²) in [5, 5.41) is 1.16. The zero-order chi connectivity index (χ0) is 20.8. The van der Waals surface area contributed by atoms with Crippen molar-refractivity contribution < 1.29 is 32.9 Å². The number of carbonyl (C=O) groups is 2. The van der Waals surface area contributed by atoms with E-state index in [2.05, 4.69) is 0 Å². The summed E-state index contributed by atoms with van der Waals surface area (Å²) in [5.41, 5.74) is 0. The van der Waals surface area contributed by atoms with Crippen LogP contribution < -0.4 is 9.47 Å². The van der Waals surface area contributed by atoms with Gasteiger partial charge in [-0.05, 0) is 18.9 Å². The third kappa shape index (κ3) is 4.39. The van der Waals surface area contributed by atoms with Crippen molar-refractivity contribution in [3.05, 3.63) is 48.3 Å². The molecular formula is C22H21FO6. The van der Waals surface area contributed by atoms with Gasteiger partial charge in [0.1, 0.15) is 5.82 Å². The summed E-state index contributed by atoms with van der Waals surface area (Å²) in [6.45, 7) is 4.09. The second-order valence-corrected chi connectivity index (χ2v) is 6.27. The van der Waals surface area contributed by atoms with Crippen LogP contribution in [0, 0.1) is 5.82 Å². The summed E-state index contributed by atoms with van der Waals surface area (Å²) in [6.07, 6.45) is -0.564. The molecule has 0 amide bonds. The molecule has 0 spiro atoms. The number of rotatable bonds is 6. The van der Waals surface area contributed by atoms with Crippen LogP contribution in [-0.2, 0) is 9.47 Å². The fourth-order valence-corrected chi connectivity index (χ4v) is 2.92. The Labute approximate surface area is 167 Å². The highest BCUT2D eigenvalue weighted by Gasteiger charge is 2.23. The van der Waals surface area contributed by atoms with Crippen LogP contribution in [0.2, 0.25) is 0 Å². The van der Waals surface area contributed by atoms with Gasteiger partial charge in [0.05, 0.1) is 18.6 Å². The van der Waals surface area contributed by atoms with Crippen LogP contribution in [0.25, 0.3) is 21.5 Å². The molecule has 0 heterocycles. The average Bonchev–Trinajstić information content (AvgIpc) is 2.73. The monoisotopic (exact) mass is 400 g/mol. The van der Waals surface area contributed by atoms with Crippen LogP contribution in [0.15, 0.2) is 42.5 Å².